The van der Waals surface area contributed by atoms with E-state index in [-0.39, 0.29) is 11.4 Å². The first kappa shape index (κ1) is 13.3. The second kappa shape index (κ2) is 4.88. The normalized spacial score (nSPS) is 16.3. The number of carboxylic acid groups (broad SMARTS) is 1. The van der Waals surface area contributed by atoms with E-state index in [4.69, 9.17) is 5.11 Å². The van der Waals surface area contributed by atoms with Crippen LogP contribution in [0.1, 0.15) is 41.3 Å². The number of carbonyl (C=O) groups is 2. The minimum atomic E-state index is -1.00. The summed E-state index contributed by atoms with van der Waals surface area (Å²) < 4.78 is 0. The molecule has 1 fully saturated rings. The van der Waals surface area contributed by atoms with Gasteiger partial charge in [0, 0.05) is 17.2 Å². The second-order valence-electron chi connectivity index (χ2n) is 5.32. The van der Waals surface area contributed by atoms with Crippen molar-refractivity contribution in [3.05, 3.63) is 41.0 Å². The molecule has 1 aliphatic rings. The van der Waals surface area contributed by atoms with Gasteiger partial charge in [-0.05, 0) is 56.0 Å². The summed E-state index contributed by atoms with van der Waals surface area (Å²) in [7, 11) is 0. The first-order valence-corrected chi connectivity index (χ1v) is 6.23. The zero-order chi connectivity index (χ0) is 14.0. The van der Waals surface area contributed by atoms with E-state index >= 15 is 0 Å². The zero-order valence-electron chi connectivity index (χ0n) is 11.1. The Morgan fingerprint density at radius 3 is 2.58 bits per heavy atom. The Morgan fingerprint density at radius 1 is 1.32 bits per heavy atom. The molecular weight excluding hydrogens is 242 g/mol. The van der Waals surface area contributed by atoms with Gasteiger partial charge in [-0.2, -0.15) is 0 Å². The van der Waals surface area contributed by atoms with Crippen molar-refractivity contribution in [1.82, 2.24) is 5.32 Å². The van der Waals surface area contributed by atoms with Gasteiger partial charge in [-0.25, -0.2) is 4.79 Å². The van der Waals surface area contributed by atoms with Gasteiger partial charge in [0.15, 0.2) is 0 Å². The van der Waals surface area contributed by atoms with E-state index in [1.54, 1.807) is 12.1 Å². The summed E-state index contributed by atoms with van der Waals surface area (Å²) in [6.45, 7) is 3.90. The van der Waals surface area contributed by atoms with Crippen LogP contribution in [-0.2, 0) is 4.79 Å². The van der Waals surface area contributed by atoms with Gasteiger partial charge in [-0.1, -0.05) is 6.07 Å². The molecule has 0 saturated heterocycles. The molecule has 0 aromatic heterocycles. The largest absolute Gasteiger partial charge is 0.478 e. The summed E-state index contributed by atoms with van der Waals surface area (Å²) in [6.07, 6.45) is 4.58. The standard InChI is InChI=1S/C15H17NO3/c1-10-7-11(3-4-13(17)18)9-12(8-10)14(19)16-15(2)5-6-15/h3-4,7-9H,5-6H2,1-2H3,(H,16,19)(H,17,18)/b4-3+. The molecule has 2 rings (SSSR count). The first-order valence-electron chi connectivity index (χ1n) is 6.23. The highest BCUT2D eigenvalue weighted by Gasteiger charge is 2.38. The van der Waals surface area contributed by atoms with Crippen LogP contribution in [0.5, 0.6) is 0 Å². The number of amides is 1. The lowest BCUT2D eigenvalue weighted by Gasteiger charge is -2.12. The van der Waals surface area contributed by atoms with Crippen molar-refractivity contribution in [2.45, 2.75) is 32.2 Å². The number of hydrogen-bond donors (Lipinski definition) is 2. The number of rotatable bonds is 4. The third-order valence-electron chi connectivity index (χ3n) is 3.20. The first-order chi connectivity index (χ1) is 8.88. The molecular formula is C15H17NO3. The van der Waals surface area contributed by atoms with Crippen LogP contribution in [0.4, 0.5) is 0 Å². The summed E-state index contributed by atoms with van der Waals surface area (Å²) in [6, 6.07) is 5.35. The van der Waals surface area contributed by atoms with Crippen LogP contribution < -0.4 is 5.32 Å². The van der Waals surface area contributed by atoms with Crippen molar-refractivity contribution in [3.8, 4) is 0 Å². The predicted octanol–water partition coefficient (Wildman–Crippen LogP) is 2.38. The fourth-order valence-corrected chi connectivity index (χ4v) is 1.87. The molecule has 1 aromatic rings. The summed E-state index contributed by atoms with van der Waals surface area (Å²) >= 11 is 0. The molecule has 0 heterocycles. The molecule has 1 aliphatic carbocycles. The number of aliphatic carboxylic acids is 1. The van der Waals surface area contributed by atoms with E-state index in [1.807, 2.05) is 19.9 Å². The number of carbonyl (C=O) groups excluding carboxylic acids is 1. The maximum atomic E-state index is 12.1. The third-order valence-corrected chi connectivity index (χ3v) is 3.20. The van der Waals surface area contributed by atoms with Crippen molar-refractivity contribution in [3.63, 3.8) is 0 Å². The van der Waals surface area contributed by atoms with Gasteiger partial charge in [-0.15, -0.1) is 0 Å². The molecule has 1 amide bonds. The van der Waals surface area contributed by atoms with Gasteiger partial charge in [0.2, 0.25) is 0 Å². The monoisotopic (exact) mass is 259 g/mol. The van der Waals surface area contributed by atoms with E-state index in [0.717, 1.165) is 24.5 Å². The average molecular weight is 259 g/mol. The summed E-state index contributed by atoms with van der Waals surface area (Å²) in [5.74, 6) is -1.10. The van der Waals surface area contributed by atoms with E-state index in [1.165, 1.54) is 6.08 Å². The van der Waals surface area contributed by atoms with Crippen molar-refractivity contribution in [2.24, 2.45) is 0 Å². The minimum absolute atomic E-state index is 0.0576. The highest BCUT2D eigenvalue weighted by Crippen LogP contribution is 2.34. The number of hydrogen-bond acceptors (Lipinski definition) is 2. The van der Waals surface area contributed by atoms with E-state index in [2.05, 4.69) is 5.32 Å². The van der Waals surface area contributed by atoms with E-state index in [0.29, 0.717) is 11.1 Å². The van der Waals surface area contributed by atoms with Crippen molar-refractivity contribution in [1.29, 1.82) is 0 Å². The molecule has 19 heavy (non-hydrogen) atoms. The zero-order valence-corrected chi connectivity index (χ0v) is 11.1. The third kappa shape index (κ3) is 3.68. The van der Waals surface area contributed by atoms with Crippen LogP contribution >= 0.6 is 0 Å². The van der Waals surface area contributed by atoms with Crippen LogP contribution in [0.15, 0.2) is 24.3 Å². The Hall–Kier alpha value is -2.10. The molecule has 4 nitrogen and oxygen atoms in total. The van der Waals surface area contributed by atoms with Gasteiger partial charge in [0.1, 0.15) is 0 Å². The average Bonchev–Trinajstić information content (AvgIpc) is 3.03. The molecule has 1 aromatic carbocycles. The topological polar surface area (TPSA) is 66.4 Å². The SMILES string of the molecule is Cc1cc(/C=C/C(=O)O)cc(C(=O)NC2(C)CC2)c1. The molecule has 4 heteroatoms. The van der Waals surface area contributed by atoms with Gasteiger partial charge in [-0.3, -0.25) is 4.79 Å². The van der Waals surface area contributed by atoms with Crippen molar-refractivity contribution >= 4 is 18.0 Å². The number of carboxylic acids is 1. The molecule has 0 aliphatic heterocycles. The maximum absolute atomic E-state index is 12.1. The molecule has 100 valence electrons. The molecule has 0 radical (unpaired) electrons. The predicted molar refractivity (Wildman–Crippen MR) is 73.0 cm³/mol. The van der Waals surface area contributed by atoms with E-state index < -0.39 is 5.97 Å². The highest BCUT2D eigenvalue weighted by molar-refractivity contribution is 5.96. The van der Waals surface area contributed by atoms with Crippen molar-refractivity contribution in [2.75, 3.05) is 0 Å². The van der Waals surface area contributed by atoms with Crippen LogP contribution in [0.25, 0.3) is 6.08 Å². The Balaban J connectivity index is 2.20. The Labute approximate surface area is 112 Å². The van der Waals surface area contributed by atoms with Crippen molar-refractivity contribution < 1.29 is 14.7 Å². The highest BCUT2D eigenvalue weighted by atomic mass is 16.4. The number of aryl methyl sites for hydroxylation is 1. The number of benzene rings is 1. The lowest BCUT2D eigenvalue weighted by Crippen LogP contribution is -2.34. The minimum Gasteiger partial charge on any atom is -0.478 e. The van der Waals surface area contributed by atoms with Gasteiger partial charge in [0.05, 0.1) is 0 Å². The Kier molecular flexibility index (Phi) is 3.42. The summed E-state index contributed by atoms with van der Waals surface area (Å²) in [5, 5.41) is 11.6. The van der Waals surface area contributed by atoms with Gasteiger partial charge >= 0.3 is 5.97 Å². The lowest BCUT2D eigenvalue weighted by atomic mass is 10.0. The van der Waals surface area contributed by atoms with Gasteiger partial charge < -0.3 is 10.4 Å². The molecule has 1 saturated carbocycles. The fraction of sp³-hybridized carbons (Fsp3) is 0.333. The van der Waals surface area contributed by atoms with Gasteiger partial charge in [0.25, 0.3) is 5.91 Å². The summed E-state index contributed by atoms with van der Waals surface area (Å²) in [4.78, 5) is 22.6. The molecule has 0 atom stereocenters. The maximum Gasteiger partial charge on any atom is 0.328 e. The Morgan fingerprint density at radius 2 is 2.00 bits per heavy atom. The van der Waals surface area contributed by atoms with Crippen LogP contribution in [0, 0.1) is 6.92 Å². The summed E-state index contributed by atoms with van der Waals surface area (Å²) in [5.41, 5.74) is 2.16. The fourth-order valence-electron chi connectivity index (χ4n) is 1.87. The van der Waals surface area contributed by atoms with Crippen LogP contribution in [0.2, 0.25) is 0 Å². The molecule has 0 unspecified atom stereocenters. The molecule has 0 spiro atoms. The second-order valence-corrected chi connectivity index (χ2v) is 5.32. The molecule has 0 bridgehead atoms. The lowest BCUT2D eigenvalue weighted by molar-refractivity contribution is -0.131. The van der Waals surface area contributed by atoms with Crippen LogP contribution in [-0.4, -0.2) is 22.5 Å². The van der Waals surface area contributed by atoms with Crippen LogP contribution in [0.3, 0.4) is 0 Å². The number of nitrogens with one attached hydrogen (secondary N) is 1. The molecule has 2 N–H and O–H groups in total. The smallest absolute Gasteiger partial charge is 0.328 e. The quantitative estimate of drug-likeness (QED) is 0.816. The Bertz CT molecular complexity index is 557. The van der Waals surface area contributed by atoms with E-state index in [9.17, 15) is 9.59 Å².